The molecule has 1 amide bonds. The van der Waals surface area contributed by atoms with Gasteiger partial charge < -0.3 is 14.6 Å². The summed E-state index contributed by atoms with van der Waals surface area (Å²) in [6.07, 6.45) is 1.48. The Labute approximate surface area is 161 Å². The first-order valence-corrected chi connectivity index (χ1v) is 8.65. The maximum Gasteiger partial charge on any atom is 0.496 e. The molecule has 1 aliphatic heterocycles. The molecule has 0 atom stereocenters. The second-order valence-corrected chi connectivity index (χ2v) is 7.63. The first-order valence-electron chi connectivity index (χ1n) is 8.28. The third kappa shape index (κ3) is 3.83. The Kier molecular flexibility index (Phi) is 5.01. The number of carbonyl (C=O) groups is 1. The van der Waals surface area contributed by atoms with Gasteiger partial charge in [-0.15, -0.1) is 0 Å². The quantitative estimate of drug-likeness (QED) is 0.639. The average molecular weight is 395 g/mol. The van der Waals surface area contributed by atoms with Crippen molar-refractivity contribution >= 4 is 35.8 Å². The summed E-state index contributed by atoms with van der Waals surface area (Å²) in [5, 5.41) is 2.50. The maximum absolute atomic E-state index is 13.8. The summed E-state index contributed by atoms with van der Waals surface area (Å²) in [6.45, 7) is 7.65. The smallest absolute Gasteiger partial charge is 0.399 e. The lowest BCUT2D eigenvalue weighted by molar-refractivity contribution is 0.00578. The Morgan fingerprint density at radius 2 is 1.78 bits per heavy atom. The van der Waals surface area contributed by atoms with Crippen molar-refractivity contribution in [3.63, 3.8) is 0 Å². The van der Waals surface area contributed by atoms with Crippen LogP contribution >= 0.6 is 11.6 Å². The molecule has 1 aliphatic rings. The average Bonchev–Trinajstić information content (AvgIpc) is 2.77. The predicted molar refractivity (Wildman–Crippen MR) is 99.3 cm³/mol. The topological polar surface area (TPSA) is 60.5 Å². The lowest BCUT2D eigenvalue weighted by atomic mass is 9.80. The van der Waals surface area contributed by atoms with Crippen LogP contribution in [-0.2, 0) is 9.31 Å². The summed E-state index contributed by atoms with van der Waals surface area (Å²) in [7, 11) is -0.696. The van der Waals surface area contributed by atoms with E-state index >= 15 is 0 Å². The molecule has 1 aromatic carbocycles. The van der Waals surface area contributed by atoms with Gasteiger partial charge in [-0.2, -0.15) is 0 Å². The van der Waals surface area contributed by atoms with Gasteiger partial charge in [0, 0.05) is 17.7 Å². The second-order valence-electron chi connectivity index (χ2n) is 7.27. The van der Waals surface area contributed by atoms with Crippen molar-refractivity contribution in [1.82, 2.24) is 4.98 Å². The van der Waals surface area contributed by atoms with Crippen molar-refractivity contribution in [2.75, 3.05) is 5.32 Å². The number of hydrogen-bond acceptors (Lipinski definition) is 4. The first kappa shape index (κ1) is 19.7. The number of nitrogens with one attached hydrogen (secondary N) is 1. The number of hydrogen-bond donors (Lipinski definition) is 1. The van der Waals surface area contributed by atoms with Crippen LogP contribution in [0.1, 0.15) is 38.1 Å². The Balaban J connectivity index is 1.85. The van der Waals surface area contributed by atoms with E-state index in [0.717, 1.165) is 12.1 Å². The van der Waals surface area contributed by atoms with Gasteiger partial charge in [0.1, 0.15) is 11.6 Å². The standard InChI is InChI=1S/C18H18BClF2N2O3/c1-17(2)18(3,4)27-19(26-17)10-7-14(15(20)23-9-10)24-16(25)12-6-5-11(21)8-13(12)22/h5-9H,1-4H3,(H,24,25). The fraction of sp³-hybridized carbons (Fsp3) is 0.333. The normalized spacial score (nSPS) is 17.8. The van der Waals surface area contributed by atoms with Gasteiger partial charge in [0.25, 0.3) is 5.91 Å². The van der Waals surface area contributed by atoms with E-state index < -0.39 is 35.9 Å². The third-order valence-corrected chi connectivity index (χ3v) is 5.11. The molecule has 1 fully saturated rings. The van der Waals surface area contributed by atoms with Crippen LogP contribution in [0.4, 0.5) is 14.5 Å². The molecule has 3 rings (SSSR count). The van der Waals surface area contributed by atoms with Crippen LogP contribution in [0.25, 0.3) is 0 Å². The highest BCUT2D eigenvalue weighted by Gasteiger charge is 2.51. The van der Waals surface area contributed by atoms with Gasteiger partial charge >= 0.3 is 7.12 Å². The molecule has 0 bridgehead atoms. The molecule has 5 nitrogen and oxygen atoms in total. The van der Waals surface area contributed by atoms with Gasteiger partial charge in [-0.25, -0.2) is 13.8 Å². The van der Waals surface area contributed by atoms with Crippen LogP contribution in [0.5, 0.6) is 0 Å². The molecule has 0 saturated carbocycles. The van der Waals surface area contributed by atoms with Gasteiger partial charge in [0.15, 0.2) is 5.15 Å². The van der Waals surface area contributed by atoms with Crippen LogP contribution in [0, 0.1) is 11.6 Å². The Hall–Kier alpha value is -2.03. The van der Waals surface area contributed by atoms with Crippen molar-refractivity contribution < 1.29 is 22.9 Å². The Bertz CT molecular complexity index is 892. The molecule has 0 unspecified atom stereocenters. The third-order valence-electron chi connectivity index (χ3n) is 4.81. The van der Waals surface area contributed by atoms with Crippen molar-refractivity contribution in [2.45, 2.75) is 38.9 Å². The van der Waals surface area contributed by atoms with Crippen LogP contribution in [0.3, 0.4) is 0 Å². The number of pyridine rings is 1. The van der Waals surface area contributed by atoms with E-state index in [4.69, 9.17) is 20.9 Å². The minimum Gasteiger partial charge on any atom is -0.399 e. The molecular formula is C18H18BClF2N2O3. The first-order chi connectivity index (χ1) is 12.5. The molecule has 1 N–H and O–H groups in total. The molecule has 9 heteroatoms. The van der Waals surface area contributed by atoms with E-state index in [1.54, 1.807) is 6.07 Å². The van der Waals surface area contributed by atoms with E-state index in [2.05, 4.69) is 10.3 Å². The van der Waals surface area contributed by atoms with Crippen molar-refractivity contribution in [3.8, 4) is 0 Å². The summed E-state index contributed by atoms with van der Waals surface area (Å²) in [4.78, 5) is 16.4. The van der Waals surface area contributed by atoms with Crippen LogP contribution in [0.2, 0.25) is 5.15 Å². The van der Waals surface area contributed by atoms with E-state index in [1.807, 2.05) is 27.7 Å². The number of nitrogens with zero attached hydrogens (tertiary/aromatic N) is 1. The number of aromatic nitrogens is 1. The molecule has 1 aromatic heterocycles. The number of carbonyl (C=O) groups excluding carboxylic acids is 1. The molecule has 0 radical (unpaired) electrons. The van der Waals surface area contributed by atoms with E-state index in [9.17, 15) is 13.6 Å². The molecule has 27 heavy (non-hydrogen) atoms. The van der Waals surface area contributed by atoms with Gasteiger partial charge in [-0.3, -0.25) is 4.79 Å². The van der Waals surface area contributed by atoms with Crippen LogP contribution in [0.15, 0.2) is 30.5 Å². The number of rotatable bonds is 3. The predicted octanol–water partition coefficient (Wildman–Crippen LogP) is 3.56. The molecule has 2 heterocycles. The van der Waals surface area contributed by atoms with E-state index in [0.29, 0.717) is 11.5 Å². The molecule has 2 aromatic rings. The monoisotopic (exact) mass is 394 g/mol. The van der Waals surface area contributed by atoms with Crippen LogP contribution < -0.4 is 10.8 Å². The molecule has 0 spiro atoms. The SMILES string of the molecule is CC1(C)OB(c2cnc(Cl)c(NC(=O)c3ccc(F)cc3F)c2)OC1(C)C. The van der Waals surface area contributed by atoms with E-state index in [1.165, 1.54) is 6.20 Å². The highest BCUT2D eigenvalue weighted by atomic mass is 35.5. The van der Waals surface area contributed by atoms with Crippen molar-refractivity contribution in [2.24, 2.45) is 0 Å². The Morgan fingerprint density at radius 1 is 1.15 bits per heavy atom. The lowest BCUT2D eigenvalue weighted by Crippen LogP contribution is -2.41. The highest BCUT2D eigenvalue weighted by molar-refractivity contribution is 6.62. The number of halogens is 3. The summed E-state index contributed by atoms with van der Waals surface area (Å²) in [5.41, 5.74) is -0.686. The molecule has 1 saturated heterocycles. The molecule has 142 valence electrons. The van der Waals surface area contributed by atoms with Gasteiger partial charge in [-0.05, 0) is 45.9 Å². The summed E-state index contributed by atoms with van der Waals surface area (Å²) < 4.78 is 38.7. The van der Waals surface area contributed by atoms with Crippen LogP contribution in [-0.4, -0.2) is 29.2 Å². The number of amides is 1. The van der Waals surface area contributed by atoms with Gasteiger partial charge in [-0.1, -0.05) is 11.6 Å². The molecule has 0 aliphatic carbocycles. The number of benzene rings is 1. The summed E-state index contributed by atoms with van der Waals surface area (Å²) in [5.74, 6) is -2.52. The summed E-state index contributed by atoms with van der Waals surface area (Å²) >= 11 is 6.05. The maximum atomic E-state index is 13.8. The largest absolute Gasteiger partial charge is 0.496 e. The van der Waals surface area contributed by atoms with E-state index in [-0.39, 0.29) is 16.4 Å². The Morgan fingerprint density at radius 3 is 2.37 bits per heavy atom. The van der Waals surface area contributed by atoms with Crippen molar-refractivity contribution in [3.05, 3.63) is 52.8 Å². The van der Waals surface area contributed by atoms with Gasteiger partial charge in [0.2, 0.25) is 0 Å². The number of anilines is 1. The fourth-order valence-corrected chi connectivity index (χ4v) is 2.67. The van der Waals surface area contributed by atoms with Crippen molar-refractivity contribution in [1.29, 1.82) is 0 Å². The second kappa shape index (κ2) is 6.85. The zero-order valence-corrected chi connectivity index (χ0v) is 16.0. The minimum atomic E-state index is -0.973. The lowest BCUT2D eigenvalue weighted by Gasteiger charge is -2.32. The minimum absolute atomic E-state index is 0.0196. The summed E-state index contributed by atoms with van der Waals surface area (Å²) in [6, 6.07) is 4.24. The zero-order valence-electron chi connectivity index (χ0n) is 15.3. The zero-order chi connectivity index (χ0) is 20.0. The molecular weight excluding hydrogens is 376 g/mol. The van der Waals surface area contributed by atoms with Gasteiger partial charge in [0.05, 0.1) is 22.5 Å². The fourth-order valence-electron chi connectivity index (χ4n) is 2.52. The highest BCUT2D eigenvalue weighted by Crippen LogP contribution is 2.36.